The number of hydrogen-bond donors (Lipinski definition) is 1. The normalized spacial score (nSPS) is 28.0. The van der Waals surface area contributed by atoms with Gasteiger partial charge in [-0.2, -0.15) is 5.26 Å². The maximum absolute atomic E-state index is 8.88. The number of nitriles is 1. The van der Waals surface area contributed by atoms with E-state index in [-0.39, 0.29) is 5.92 Å². The van der Waals surface area contributed by atoms with Gasteiger partial charge in [0.2, 0.25) is 0 Å². The quantitative estimate of drug-likeness (QED) is 0.756. The van der Waals surface area contributed by atoms with Gasteiger partial charge >= 0.3 is 0 Å². The van der Waals surface area contributed by atoms with Crippen molar-refractivity contribution in [2.45, 2.75) is 31.7 Å². The van der Waals surface area contributed by atoms with Gasteiger partial charge in [0.05, 0.1) is 12.0 Å². The van der Waals surface area contributed by atoms with Gasteiger partial charge < -0.3 is 5.32 Å². The van der Waals surface area contributed by atoms with Crippen LogP contribution in [0.2, 0.25) is 0 Å². The predicted molar refractivity (Wildman–Crippen MR) is 54.4 cm³/mol. The number of rotatable bonds is 3. The van der Waals surface area contributed by atoms with E-state index in [9.17, 15) is 0 Å². The third-order valence-electron chi connectivity index (χ3n) is 2.49. The molecule has 0 saturated heterocycles. The van der Waals surface area contributed by atoms with E-state index in [2.05, 4.69) is 18.0 Å². The first kappa shape index (κ1) is 10.6. The van der Waals surface area contributed by atoms with Crippen LogP contribution in [0.1, 0.15) is 25.7 Å². The maximum Gasteiger partial charge on any atom is 0.0672 e. The molecule has 1 rings (SSSR count). The third kappa shape index (κ3) is 3.38. The highest BCUT2D eigenvalue weighted by atomic mass is 35.5. The molecule has 2 nitrogen and oxygen atoms in total. The molecule has 0 aromatic rings. The summed E-state index contributed by atoms with van der Waals surface area (Å²) in [6, 6.07) is 2.66. The highest BCUT2D eigenvalue weighted by Gasteiger charge is 2.23. The molecule has 3 heteroatoms. The lowest BCUT2D eigenvalue weighted by Gasteiger charge is -2.27. The van der Waals surface area contributed by atoms with Gasteiger partial charge in [-0.15, -0.1) is 0 Å². The Balaban J connectivity index is 2.37. The summed E-state index contributed by atoms with van der Waals surface area (Å²) < 4.78 is 0. The third-order valence-corrected chi connectivity index (χ3v) is 2.62. The summed E-state index contributed by atoms with van der Waals surface area (Å²) in [5, 5.41) is 12.8. The summed E-state index contributed by atoms with van der Waals surface area (Å²) in [5.41, 5.74) is 0. The SMILES string of the molecule is C=C(Cl)CNC1CCCCC1C#N. The molecule has 1 saturated carbocycles. The zero-order valence-electron chi connectivity index (χ0n) is 7.72. The van der Waals surface area contributed by atoms with Gasteiger partial charge in [0.1, 0.15) is 0 Å². The van der Waals surface area contributed by atoms with Crippen molar-refractivity contribution in [3.8, 4) is 6.07 Å². The van der Waals surface area contributed by atoms with Crippen molar-refractivity contribution in [2.24, 2.45) is 5.92 Å². The molecule has 0 bridgehead atoms. The van der Waals surface area contributed by atoms with Crippen LogP contribution in [0.4, 0.5) is 0 Å². The van der Waals surface area contributed by atoms with E-state index in [0.29, 0.717) is 17.6 Å². The Morgan fingerprint density at radius 1 is 1.54 bits per heavy atom. The molecule has 72 valence electrons. The van der Waals surface area contributed by atoms with Crippen LogP contribution < -0.4 is 5.32 Å². The van der Waals surface area contributed by atoms with Crippen molar-refractivity contribution in [1.29, 1.82) is 5.26 Å². The van der Waals surface area contributed by atoms with Crippen LogP contribution >= 0.6 is 11.6 Å². The molecule has 2 atom stereocenters. The minimum atomic E-state index is 0.157. The van der Waals surface area contributed by atoms with Gasteiger partial charge in [-0.05, 0) is 12.8 Å². The van der Waals surface area contributed by atoms with Crippen molar-refractivity contribution < 1.29 is 0 Å². The molecule has 0 spiro atoms. The molecule has 0 radical (unpaired) electrons. The van der Waals surface area contributed by atoms with Gasteiger partial charge in [0.15, 0.2) is 0 Å². The zero-order valence-corrected chi connectivity index (χ0v) is 8.48. The van der Waals surface area contributed by atoms with Crippen LogP contribution in [0, 0.1) is 17.2 Å². The van der Waals surface area contributed by atoms with E-state index < -0.39 is 0 Å². The second-order valence-electron chi connectivity index (χ2n) is 3.52. The Labute approximate surface area is 84.6 Å². The fraction of sp³-hybridized carbons (Fsp3) is 0.700. The molecule has 13 heavy (non-hydrogen) atoms. The second-order valence-corrected chi connectivity index (χ2v) is 4.06. The Bertz CT molecular complexity index is 219. The minimum Gasteiger partial charge on any atom is -0.308 e. The van der Waals surface area contributed by atoms with Crippen molar-refractivity contribution in [2.75, 3.05) is 6.54 Å². The Kier molecular flexibility index (Phi) is 4.27. The lowest BCUT2D eigenvalue weighted by atomic mass is 9.85. The fourth-order valence-electron chi connectivity index (χ4n) is 1.77. The smallest absolute Gasteiger partial charge is 0.0672 e. The molecule has 0 aliphatic heterocycles. The average Bonchev–Trinajstić information content (AvgIpc) is 2.15. The maximum atomic E-state index is 8.88. The molecule has 2 unspecified atom stereocenters. The molecule has 1 N–H and O–H groups in total. The summed E-state index contributed by atoms with van der Waals surface area (Å²) in [5.74, 6) is 0.157. The van der Waals surface area contributed by atoms with Crippen LogP contribution in [0.15, 0.2) is 11.6 Å². The highest BCUT2D eigenvalue weighted by molar-refractivity contribution is 6.29. The fourth-order valence-corrected chi connectivity index (χ4v) is 1.85. The molecule has 0 amide bonds. The van der Waals surface area contributed by atoms with Crippen LogP contribution in [-0.4, -0.2) is 12.6 Å². The molecule has 1 aliphatic carbocycles. The molecule has 1 fully saturated rings. The number of halogens is 1. The van der Waals surface area contributed by atoms with Crippen molar-refractivity contribution in [3.05, 3.63) is 11.6 Å². The molecular formula is C10H15ClN2. The highest BCUT2D eigenvalue weighted by Crippen LogP contribution is 2.23. The second kappa shape index (κ2) is 5.26. The lowest BCUT2D eigenvalue weighted by Crippen LogP contribution is -2.38. The zero-order chi connectivity index (χ0) is 9.68. The van der Waals surface area contributed by atoms with Gasteiger partial charge in [-0.3, -0.25) is 0 Å². The first-order chi connectivity index (χ1) is 6.24. The van der Waals surface area contributed by atoms with Crippen LogP contribution in [-0.2, 0) is 0 Å². The summed E-state index contributed by atoms with van der Waals surface area (Å²) in [6.45, 7) is 4.23. The molecule has 0 aromatic heterocycles. The summed E-state index contributed by atoms with van der Waals surface area (Å²) >= 11 is 5.65. The van der Waals surface area contributed by atoms with Gasteiger partial charge in [0.25, 0.3) is 0 Å². The van der Waals surface area contributed by atoms with E-state index in [1.807, 2.05) is 0 Å². The van der Waals surface area contributed by atoms with Gasteiger partial charge in [0, 0.05) is 17.6 Å². The number of nitrogens with one attached hydrogen (secondary N) is 1. The van der Waals surface area contributed by atoms with Crippen molar-refractivity contribution >= 4 is 11.6 Å². The van der Waals surface area contributed by atoms with Crippen LogP contribution in [0.5, 0.6) is 0 Å². The summed E-state index contributed by atoms with van der Waals surface area (Å²) in [4.78, 5) is 0. The van der Waals surface area contributed by atoms with E-state index in [0.717, 1.165) is 12.8 Å². The minimum absolute atomic E-state index is 0.157. The molecule has 0 heterocycles. The van der Waals surface area contributed by atoms with Crippen molar-refractivity contribution in [1.82, 2.24) is 5.32 Å². The van der Waals surface area contributed by atoms with E-state index in [1.165, 1.54) is 12.8 Å². The van der Waals surface area contributed by atoms with E-state index in [1.54, 1.807) is 0 Å². The molecule has 1 aliphatic rings. The topological polar surface area (TPSA) is 35.8 Å². The Morgan fingerprint density at radius 2 is 2.23 bits per heavy atom. The van der Waals surface area contributed by atoms with E-state index >= 15 is 0 Å². The summed E-state index contributed by atoms with van der Waals surface area (Å²) in [6.07, 6.45) is 4.49. The molecule has 0 aromatic carbocycles. The van der Waals surface area contributed by atoms with Crippen LogP contribution in [0.3, 0.4) is 0 Å². The van der Waals surface area contributed by atoms with Gasteiger partial charge in [-0.25, -0.2) is 0 Å². The van der Waals surface area contributed by atoms with E-state index in [4.69, 9.17) is 16.9 Å². The Morgan fingerprint density at radius 3 is 2.85 bits per heavy atom. The Hall–Kier alpha value is -0.520. The van der Waals surface area contributed by atoms with Gasteiger partial charge in [-0.1, -0.05) is 31.0 Å². The average molecular weight is 199 g/mol. The number of nitrogens with zero attached hydrogens (tertiary/aromatic N) is 1. The summed E-state index contributed by atoms with van der Waals surface area (Å²) in [7, 11) is 0. The first-order valence-electron chi connectivity index (χ1n) is 4.70. The van der Waals surface area contributed by atoms with Crippen molar-refractivity contribution in [3.63, 3.8) is 0 Å². The van der Waals surface area contributed by atoms with Crippen LogP contribution in [0.25, 0.3) is 0 Å². The molecular weight excluding hydrogens is 184 g/mol. The predicted octanol–water partition coefficient (Wildman–Crippen LogP) is 2.41. The standard InChI is InChI=1S/C10H15ClN2/c1-8(11)7-13-10-5-3-2-4-9(10)6-12/h9-10,13H,1-5,7H2. The first-order valence-corrected chi connectivity index (χ1v) is 5.08. The largest absolute Gasteiger partial charge is 0.308 e. The monoisotopic (exact) mass is 198 g/mol. The number of hydrogen-bond acceptors (Lipinski definition) is 2. The lowest BCUT2D eigenvalue weighted by molar-refractivity contribution is 0.320.